The van der Waals surface area contributed by atoms with Gasteiger partial charge in [-0.1, -0.05) is 330 Å². The van der Waals surface area contributed by atoms with E-state index < -0.39 is 0 Å². The van der Waals surface area contributed by atoms with Gasteiger partial charge in [-0.2, -0.15) is 0 Å². The van der Waals surface area contributed by atoms with E-state index in [1.54, 1.807) is 0 Å². The molecule has 2 heterocycles. The van der Waals surface area contributed by atoms with Gasteiger partial charge in [-0.3, -0.25) is 0 Å². The maximum atomic E-state index is 2.48. The standard InChI is InChI=1S/C61H41N.C48H33N/c1-61(2)51-28-14-12-25-48(51)58-50(27-16-29-52(58)61)59-43-20-7-6-19-40(43)37-41-33-36-54-60(57(41)59)49-26-13-15-30-53(49)62(54)42-34-31-39(32-35-42)56-46-23-10-8-21-44(46)55(38-17-4-3-5-18-38)45-22-9-11-24-47(45)56;1-2-31-20-26-44-43(28-31)48-42-30-35-15-7-6-14-34(35)29-36(42)23-27-45(48)49(44)37-24-21-33(22-25-37)47-40-18-10-8-16-38(40)46(32-12-4-3-5-13-32)39-17-9-11-19-41(39)47/h3-37H,1-2H3;3-30H,2H2,1H3. The molecule has 0 spiro atoms. The van der Waals surface area contributed by atoms with Crippen molar-refractivity contribution >= 4 is 130 Å². The molecule has 0 fully saturated rings. The molecule has 0 bridgehead atoms. The molecule has 2 aromatic heterocycles. The monoisotopic (exact) mass is 1410 g/mol. The predicted octanol–water partition coefficient (Wildman–Crippen LogP) is 30.0. The summed E-state index contributed by atoms with van der Waals surface area (Å²) in [6.07, 6.45) is 1.01. The van der Waals surface area contributed by atoms with Crippen LogP contribution in [0, 0.1) is 0 Å². The fraction of sp³-hybridized carbons (Fsp3) is 0.0459. The zero-order valence-electron chi connectivity index (χ0n) is 62.0. The Morgan fingerprint density at radius 1 is 0.216 bits per heavy atom. The van der Waals surface area contributed by atoms with Crippen LogP contribution in [-0.4, -0.2) is 9.13 Å². The minimum Gasteiger partial charge on any atom is -0.309 e. The third kappa shape index (κ3) is 9.90. The highest BCUT2D eigenvalue weighted by Gasteiger charge is 2.37. The first-order valence-corrected chi connectivity index (χ1v) is 39.0. The third-order valence-electron chi connectivity index (χ3n) is 24.4. The lowest BCUT2D eigenvalue weighted by atomic mass is 9.81. The second-order valence-electron chi connectivity index (χ2n) is 30.7. The van der Waals surface area contributed by atoms with Gasteiger partial charge < -0.3 is 9.13 Å². The highest BCUT2D eigenvalue weighted by molar-refractivity contribution is 6.31. The van der Waals surface area contributed by atoms with Crippen molar-refractivity contribution in [3.05, 3.63) is 399 Å². The van der Waals surface area contributed by atoms with Crippen molar-refractivity contribution in [3.63, 3.8) is 0 Å². The molecule has 2 heteroatoms. The molecule has 23 rings (SSSR count). The van der Waals surface area contributed by atoms with Gasteiger partial charge in [-0.15, -0.1) is 0 Å². The van der Waals surface area contributed by atoms with Gasteiger partial charge in [0.25, 0.3) is 0 Å². The number of hydrogen-bond donors (Lipinski definition) is 0. The lowest BCUT2D eigenvalue weighted by molar-refractivity contribution is 0.660. The first-order valence-electron chi connectivity index (χ1n) is 39.0. The van der Waals surface area contributed by atoms with Crippen LogP contribution in [0.2, 0.25) is 0 Å². The number of rotatable bonds is 8. The Balaban J connectivity index is 0.000000140. The van der Waals surface area contributed by atoms with Gasteiger partial charge in [-0.25, -0.2) is 0 Å². The van der Waals surface area contributed by atoms with E-state index in [2.05, 4.69) is 412 Å². The molecule has 0 radical (unpaired) electrons. The Morgan fingerprint density at radius 3 is 1.14 bits per heavy atom. The Hall–Kier alpha value is -13.9. The summed E-state index contributed by atoms with van der Waals surface area (Å²) in [5, 5.41) is 25.6. The molecule has 0 N–H and O–H groups in total. The number of para-hydroxylation sites is 1. The molecule has 1 aliphatic rings. The van der Waals surface area contributed by atoms with Crippen LogP contribution in [0.4, 0.5) is 0 Å². The minimum atomic E-state index is -0.0949. The predicted molar refractivity (Wildman–Crippen MR) is 476 cm³/mol. The smallest absolute Gasteiger partial charge is 0.0547 e. The molecule has 0 saturated carbocycles. The highest BCUT2D eigenvalue weighted by atomic mass is 15.0. The SMILES string of the molecule is CC1(C)c2ccccc2-c2c(-c3c4ccccc4cc4ccc5c(c6ccccc6n5-c5ccc(-c6c7ccccc7c(-c7ccccc7)c7ccccc67)cc5)c34)cccc21.CCc1ccc2c(c1)c1c3cc4ccccc4cc3ccc1n2-c1ccc(-c2c3ccccc3c(-c3ccccc3)c3ccccc23)cc1. The Morgan fingerprint density at radius 2 is 0.604 bits per heavy atom. The van der Waals surface area contributed by atoms with Crippen LogP contribution in [0.3, 0.4) is 0 Å². The van der Waals surface area contributed by atoms with Crippen molar-refractivity contribution in [2.24, 2.45) is 0 Å². The Kier molecular flexibility index (Phi) is 14.7. The Bertz CT molecular complexity index is 7490. The average molecular weight is 1410 g/mol. The summed E-state index contributed by atoms with van der Waals surface area (Å²) in [4.78, 5) is 0. The Labute approximate surface area is 644 Å². The maximum absolute atomic E-state index is 2.48. The summed E-state index contributed by atoms with van der Waals surface area (Å²) >= 11 is 0. The lowest BCUT2D eigenvalue weighted by Gasteiger charge is -2.22. The number of aromatic nitrogens is 2. The van der Waals surface area contributed by atoms with E-state index in [9.17, 15) is 0 Å². The van der Waals surface area contributed by atoms with E-state index in [4.69, 9.17) is 0 Å². The van der Waals surface area contributed by atoms with E-state index in [1.807, 2.05) is 0 Å². The van der Waals surface area contributed by atoms with E-state index >= 15 is 0 Å². The number of aryl methyl sites for hydroxylation is 1. The van der Waals surface area contributed by atoms with Gasteiger partial charge in [0.05, 0.1) is 22.1 Å². The lowest BCUT2D eigenvalue weighted by Crippen LogP contribution is -2.14. The van der Waals surface area contributed by atoms with E-state index in [0.717, 1.165) is 12.1 Å². The summed E-state index contributed by atoms with van der Waals surface area (Å²) < 4.78 is 4.94. The van der Waals surface area contributed by atoms with E-state index in [-0.39, 0.29) is 5.41 Å². The van der Waals surface area contributed by atoms with Crippen molar-refractivity contribution in [2.75, 3.05) is 0 Å². The maximum Gasteiger partial charge on any atom is 0.0547 e. The van der Waals surface area contributed by atoms with Crippen LogP contribution >= 0.6 is 0 Å². The molecule has 0 atom stereocenters. The van der Waals surface area contributed by atoms with Gasteiger partial charge in [-0.05, 0) is 243 Å². The molecule has 0 saturated heterocycles. The summed E-state index contributed by atoms with van der Waals surface area (Å²) in [7, 11) is 0. The fourth-order valence-electron chi connectivity index (χ4n) is 19.5. The summed E-state index contributed by atoms with van der Waals surface area (Å²) in [6.45, 7) is 7.00. The molecule has 2 nitrogen and oxygen atoms in total. The van der Waals surface area contributed by atoms with Crippen molar-refractivity contribution in [3.8, 4) is 78.1 Å². The van der Waals surface area contributed by atoms with Crippen LogP contribution in [0.5, 0.6) is 0 Å². The van der Waals surface area contributed by atoms with Crippen LogP contribution in [0.25, 0.3) is 208 Å². The third-order valence-corrected chi connectivity index (χ3v) is 24.4. The summed E-state index contributed by atoms with van der Waals surface area (Å²) in [6, 6.07) is 142. The number of benzene rings is 20. The molecular weight excluding hydrogens is 1340 g/mol. The van der Waals surface area contributed by atoms with E-state index in [0.29, 0.717) is 0 Å². The zero-order chi connectivity index (χ0) is 73.6. The quantitative estimate of drug-likeness (QED) is 0.134. The highest BCUT2D eigenvalue weighted by Crippen LogP contribution is 2.56. The largest absolute Gasteiger partial charge is 0.309 e. The molecule has 1 aliphatic carbocycles. The van der Waals surface area contributed by atoms with Crippen molar-refractivity contribution in [2.45, 2.75) is 32.6 Å². The second kappa shape index (κ2) is 25.4. The van der Waals surface area contributed by atoms with Gasteiger partial charge in [0.1, 0.15) is 0 Å². The van der Waals surface area contributed by atoms with Crippen LogP contribution in [0.15, 0.2) is 382 Å². The number of fused-ring (bicyclic) bond motifs is 19. The normalized spacial score (nSPS) is 12.6. The average Bonchev–Trinajstić information content (AvgIpc) is 1.59. The second-order valence-corrected chi connectivity index (χ2v) is 30.7. The first kappa shape index (κ1) is 64.3. The van der Waals surface area contributed by atoms with Crippen LogP contribution < -0.4 is 0 Å². The van der Waals surface area contributed by atoms with Crippen molar-refractivity contribution in [1.29, 1.82) is 0 Å². The topological polar surface area (TPSA) is 9.86 Å². The van der Waals surface area contributed by atoms with Gasteiger partial charge in [0.2, 0.25) is 0 Å². The fourth-order valence-corrected chi connectivity index (χ4v) is 19.5. The van der Waals surface area contributed by atoms with Gasteiger partial charge >= 0.3 is 0 Å². The van der Waals surface area contributed by atoms with Crippen molar-refractivity contribution in [1.82, 2.24) is 9.13 Å². The molecule has 111 heavy (non-hydrogen) atoms. The van der Waals surface area contributed by atoms with Crippen LogP contribution in [-0.2, 0) is 11.8 Å². The molecular formula is C109H74N2. The van der Waals surface area contributed by atoms with Gasteiger partial charge in [0, 0.05) is 43.7 Å². The molecule has 0 amide bonds. The molecule has 520 valence electrons. The molecule has 0 unspecified atom stereocenters. The van der Waals surface area contributed by atoms with Crippen LogP contribution in [0.1, 0.15) is 37.5 Å². The van der Waals surface area contributed by atoms with Crippen molar-refractivity contribution < 1.29 is 0 Å². The molecule has 0 aliphatic heterocycles. The molecule has 22 aromatic rings. The number of hydrogen-bond acceptors (Lipinski definition) is 0. The summed E-state index contributed by atoms with van der Waals surface area (Å²) in [5.41, 5.74) is 26.6. The van der Waals surface area contributed by atoms with E-state index in [1.165, 1.54) is 219 Å². The number of nitrogens with zero attached hydrogens (tertiary/aromatic N) is 2. The summed E-state index contributed by atoms with van der Waals surface area (Å²) in [5.74, 6) is 0. The van der Waals surface area contributed by atoms with Gasteiger partial charge in [0.15, 0.2) is 0 Å². The first-order chi connectivity index (χ1) is 54.8. The zero-order valence-corrected chi connectivity index (χ0v) is 62.0. The molecule has 20 aromatic carbocycles. The minimum absolute atomic E-state index is 0.0949.